The minimum atomic E-state index is -1.04. The first-order chi connectivity index (χ1) is 13.6. The van der Waals surface area contributed by atoms with Gasteiger partial charge >= 0.3 is 0 Å². The number of hydrogen-bond donors (Lipinski definition) is 2. The number of rotatable bonds is 8. The van der Waals surface area contributed by atoms with Crippen LogP contribution in [0.2, 0.25) is 0 Å². The van der Waals surface area contributed by atoms with E-state index >= 15 is 0 Å². The van der Waals surface area contributed by atoms with Crippen LogP contribution in [0.1, 0.15) is 29.9 Å². The monoisotopic (exact) mass is 382 g/mol. The number of aryl methyl sites for hydroxylation is 1. The van der Waals surface area contributed by atoms with Gasteiger partial charge in [-0.1, -0.05) is 12.1 Å². The average Bonchev–Trinajstić information content (AvgIpc) is 3.51. The minimum absolute atomic E-state index is 0.416. The van der Waals surface area contributed by atoms with Crippen molar-refractivity contribution in [3.05, 3.63) is 41.1 Å². The molecule has 0 amide bonds. The molecule has 6 rings (SSSR count). The second kappa shape index (κ2) is 6.60. The molecular formula is C21H26N4O3. The third-order valence-electron chi connectivity index (χ3n) is 6.28. The molecule has 2 aliphatic carbocycles. The molecule has 2 aliphatic heterocycles. The van der Waals surface area contributed by atoms with Gasteiger partial charge in [0.1, 0.15) is 11.6 Å². The highest BCUT2D eigenvalue weighted by molar-refractivity contribution is 5.55. The third kappa shape index (κ3) is 2.81. The predicted octanol–water partition coefficient (Wildman–Crippen LogP) is 2.50. The van der Waals surface area contributed by atoms with Gasteiger partial charge in [-0.3, -0.25) is 0 Å². The van der Waals surface area contributed by atoms with E-state index in [1.165, 1.54) is 0 Å². The standard InChI is InChI=1S/C21H26N4O3/c1-4-28-20(26)13-9-23-21(25-10-14-16-17(14)18(16)25)24-19(13)22-8-12-5-6-15(27-3)11(2)7-12/h5-7,9,14,16-18,20,26H,4,8,10H2,1-3H3,(H,22,23,24). The van der Waals surface area contributed by atoms with Crippen LogP contribution in [0, 0.1) is 24.7 Å². The molecule has 3 atom stereocenters. The molecule has 2 bridgehead atoms. The number of nitrogens with one attached hydrogen (secondary N) is 1. The molecule has 7 heteroatoms. The largest absolute Gasteiger partial charge is 0.496 e. The van der Waals surface area contributed by atoms with E-state index in [-0.39, 0.29) is 0 Å². The molecule has 0 spiro atoms. The van der Waals surface area contributed by atoms with Crippen LogP contribution in [0.4, 0.5) is 11.8 Å². The molecule has 2 aromatic rings. The molecule has 1 aromatic heterocycles. The molecular weight excluding hydrogens is 356 g/mol. The molecule has 1 aromatic carbocycles. The first kappa shape index (κ1) is 17.7. The fourth-order valence-electron chi connectivity index (χ4n) is 4.68. The van der Waals surface area contributed by atoms with E-state index in [0.717, 1.165) is 47.1 Å². The highest BCUT2D eigenvalue weighted by atomic mass is 16.6. The lowest BCUT2D eigenvalue weighted by atomic mass is 10.1. The molecule has 2 saturated heterocycles. The van der Waals surface area contributed by atoms with Crippen LogP contribution in [-0.4, -0.2) is 41.4 Å². The number of piperidine rings is 1. The zero-order valence-corrected chi connectivity index (χ0v) is 16.4. The number of benzene rings is 1. The molecule has 4 fully saturated rings. The van der Waals surface area contributed by atoms with Gasteiger partial charge in [0.25, 0.3) is 0 Å². The van der Waals surface area contributed by atoms with Gasteiger partial charge < -0.3 is 24.8 Å². The zero-order chi connectivity index (χ0) is 19.4. The number of aromatic nitrogens is 2. The number of ether oxygens (including phenoxy) is 2. The average molecular weight is 382 g/mol. The zero-order valence-electron chi connectivity index (χ0n) is 16.4. The van der Waals surface area contributed by atoms with Crippen LogP contribution in [0.15, 0.2) is 24.4 Å². The quantitative estimate of drug-likeness (QED) is 0.679. The minimum Gasteiger partial charge on any atom is -0.496 e. The SMILES string of the molecule is CCOC(O)c1cnc(N2CC3C4C3C42)nc1NCc1ccc(OC)c(C)c1. The summed E-state index contributed by atoms with van der Waals surface area (Å²) in [5.41, 5.74) is 2.76. The summed E-state index contributed by atoms with van der Waals surface area (Å²) in [4.78, 5) is 11.6. The molecule has 3 unspecified atom stereocenters. The van der Waals surface area contributed by atoms with Crippen molar-refractivity contribution in [1.82, 2.24) is 9.97 Å². The Labute approximate surface area is 164 Å². The molecule has 7 nitrogen and oxygen atoms in total. The van der Waals surface area contributed by atoms with Crippen LogP contribution >= 0.6 is 0 Å². The van der Waals surface area contributed by atoms with E-state index < -0.39 is 6.29 Å². The van der Waals surface area contributed by atoms with Gasteiger partial charge in [-0.05, 0) is 48.8 Å². The van der Waals surface area contributed by atoms with E-state index in [1.54, 1.807) is 13.3 Å². The lowest BCUT2D eigenvalue weighted by molar-refractivity contribution is -0.0978. The third-order valence-corrected chi connectivity index (χ3v) is 6.28. The summed E-state index contributed by atoms with van der Waals surface area (Å²) in [5.74, 6) is 4.88. The second-order valence-electron chi connectivity index (χ2n) is 7.90. The lowest BCUT2D eigenvalue weighted by Gasteiger charge is -2.20. The van der Waals surface area contributed by atoms with Gasteiger partial charge in [-0.15, -0.1) is 0 Å². The summed E-state index contributed by atoms with van der Waals surface area (Å²) in [6.07, 6.45) is 0.645. The van der Waals surface area contributed by atoms with Crippen molar-refractivity contribution in [3.8, 4) is 5.75 Å². The van der Waals surface area contributed by atoms with Gasteiger partial charge in [0.2, 0.25) is 5.95 Å². The highest BCUT2D eigenvalue weighted by Gasteiger charge is 2.81. The molecule has 2 N–H and O–H groups in total. The van der Waals surface area contributed by atoms with Crippen LogP contribution < -0.4 is 15.0 Å². The number of aliphatic hydroxyl groups excluding tert-OH is 1. The Morgan fingerprint density at radius 3 is 2.82 bits per heavy atom. The Hall–Kier alpha value is -2.38. The van der Waals surface area contributed by atoms with Crippen molar-refractivity contribution in [2.75, 3.05) is 30.5 Å². The summed E-state index contributed by atoms with van der Waals surface area (Å²) < 4.78 is 10.7. The Balaban J connectivity index is 1.37. The normalized spacial score (nSPS) is 27.4. The van der Waals surface area contributed by atoms with E-state index in [0.29, 0.717) is 30.6 Å². The van der Waals surface area contributed by atoms with Crippen molar-refractivity contribution in [2.45, 2.75) is 32.7 Å². The Morgan fingerprint density at radius 2 is 2.18 bits per heavy atom. The number of aliphatic hydroxyl groups is 1. The van der Waals surface area contributed by atoms with Crippen molar-refractivity contribution >= 4 is 11.8 Å². The van der Waals surface area contributed by atoms with Crippen LogP contribution in [0.5, 0.6) is 5.75 Å². The van der Waals surface area contributed by atoms with E-state index in [9.17, 15) is 5.11 Å². The summed E-state index contributed by atoms with van der Waals surface area (Å²) in [6, 6.07) is 6.72. The number of fused-ring (bicyclic) bond motifs is 1. The fourth-order valence-corrected chi connectivity index (χ4v) is 4.68. The van der Waals surface area contributed by atoms with Crippen molar-refractivity contribution in [3.63, 3.8) is 0 Å². The topological polar surface area (TPSA) is 79.7 Å². The second-order valence-corrected chi connectivity index (χ2v) is 7.90. The van der Waals surface area contributed by atoms with Gasteiger partial charge in [0.15, 0.2) is 6.29 Å². The van der Waals surface area contributed by atoms with Crippen LogP contribution in [0.3, 0.4) is 0 Å². The molecule has 4 aliphatic rings. The summed E-state index contributed by atoms with van der Waals surface area (Å²) in [6.45, 7) is 5.94. The maximum Gasteiger partial charge on any atom is 0.227 e. The van der Waals surface area contributed by atoms with Crippen LogP contribution in [-0.2, 0) is 11.3 Å². The van der Waals surface area contributed by atoms with Crippen molar-refractivity contribution in [1.29, 1.82) is 0 Å². The summed E-state index contributed by atoms with van der Waals surface area (Å²) in [5, 5.41) is 13.7. The highest BCUT2D eigenvalue weighted by Crippen LogP contribution is 2.75. The maximum absolute atomic E-state index is 10.4. The number of nitrogens with zero attached hydrogens (tertiary/aromatic N) is 3. The van der Waals surface area contributed by atoms with Gasteiger partial charge in [-0.25, -0.2) is 4.98 Å². The lowest BCUT2D eigenvalue weighted by Crippen LogP contribution is -2.23. The first-order valence-electron chi connectivity index (χ1n) is 9.93. The van der Waals surface area contributed by atoms with Gasteiger partial charge in [0.05, 0.1) is 12.7 Å². The van der Waals surface area contributed by atoms with E-state index in [1.807, 2.05) is 26.0 Å². The summed E-state index contributed by atoms with van der Waals surface area (Å²) in [7, 11) is 1.68. The number of hydrogen-bond acceptors (Lipinski definition) is 7. The molecule has 0 radical (unpaired) electrons. The van der Waals surface area contributed by atoms with Crippen molar-refractivity contribution < 1.29 is 14.6 Å². The predicted molar refractivity (Wildman–Crippen MR) is 105 cm³/mol. The number of anilines is 2. The molecule has 28 heavy (non-hydrogen) atoms. The first-order valence-corrected chi connectivity index (χ1v) is 9.93. The molecule has 3 heterocycles. The van der Waals surface area contributed by atoms with Crippen LogP contribution in [0.25, 0.3) is 0 Å². The van der Waals surface area contributed by atoms with E-state index in [2.05, 4.69) is 21.3 Å². The van der Waals surface area contributed by atoms with E-state index in [4.69, 9.17) is 14.5 Å². The van der Waals surface area contributed by atoms with Gasteiger partial charge in [0, 0.05) is 31.9 Å². The summed E-state index contributed by atoms with van der Waals surface area (Å²) >= 11 is 0. The Morgan fingerprint density at radius 1 is 1.36 bits per heavy atom. The number of methoxy groups -OCH3 is 1. The maximum atomic E-state index is 10.4. The van der Waals surface area contributed by atoms with Crippen molar-refractivity contribution in [2.24, 2.45) is 17.8 Å². The molecule has 148 valence electrons. The molecule has 2 saturated carbocycles. The fraction of sp³-hybridized carbons (Fsp3) is 0.524. The van der Waals surface area contributed by atoms with Gasteiger partial charge in [-0.2, -0.15) is 4.98 Å². The Bertz CT molecular complexity index is 888. The smallest absolute Gasteiger partial charge is 0.227 e. The Kier molecular flexibility index (Phi) is 4.17.